The molecule has 1 unspecified atom stereocenters. The van der Waals surface area contributed by atoms with Crippen molar-refractivity contribution < 1.29 is 9.18 Å². The summed E-state index contributed by atoms with van der Waals surface area (Å²) in [6.07, 6.45) is 6.11. The Labute approximate surface area is 138 Å². The first-order chi connectivity index (χ1) is 11.6. The van der Waals surface area contributed by atoms with Crippen molar-refractivity contribution in [3.8, 4) is 0 Å². The van der Waals surface area contributed by atoms with Gasteiger partial charge in [0.05, 0.1) is 11.8 Å². The van der Waals surface area contributed by atoms with Crippen molar-refractivity contribution >= 4 is 5.91 Å². The highest BCUT2D eigenvalue weighted by molar-refractivity contribution is 5.94. The second kappa shape index (κ2) is 6.78. The molecule has 3 rings (SSSR count). The van der Waals surface area contributed by atoms with Crippen LogP contribution < -0.4 is 10.9 Å². The molecule has 2 heterocycles. The van der Waals surface area contributed by atoms with Gasteiger partial charge >= 0.3 is 0 Å². The molecule has 1 aliphatic carbocycles. The lowest BCUT2D eigenvalue weighted by Crippen LogP contribution is -2.40. The maximum absolute atomic E-state index is 13.6. The Morgan fingerprint density at radius 2 is 2.29 bits per heavy atom. The summed E-state index contributed by atoms with van der Waals surface area (Å²) < 4.78 is 15.4. The van der Waals surface area contributed by atoms with Gasteiger partial charge in [-0.3, -0.25) is 14.6 Å². The van der Waals surface area contributed by atoms with Crippen LogP contribution in [-0.2, 0) is 19.4 Å². The summed E-state index contributed by atoms with van der Waals surface area (Å²) in [6, 6.07) is 4.62. The lowest BCUT2D eigenvalue weighted by molar-refractivity contribution is 0.0929. The third-order valence-corrected chi connectivity index (χ3v) is 4.25. The minimum absolute atomic E-state index is 0.00701. The van der Waals surface area contributed by atoms with Crippen molar-refractivity contribution in [2.45, 2.75) is 31.8 Å². The van der Waals surface area contributed by atoms with E-state index in [9.17, 15) is 14.0 Å². The van der Waals surface area contributed by atoms with Gasteiger partial charge in [0.1, 0.15) is 0 Å². The Bertz CT molecular complexity index is 844. The minimum Gasteiger partial charge on any atom is -0.349 e. The molecule has 24 heavy (non-hydrogen) atoms. The fourth-order valence-corrected chi connectivity index (χ4v) is 3.10. The number of pyridine rings is 2. The third-order valence-electron chi connectivity index (χ3n) is 4.25. The number of halogens is 1. The lowest BCUT2D eigenvalue weighted by atomic mass is 9.91. The zero-order chi connectivity index (χ0) is 17.1. The normalized spacial score (nSPS) is 16.3. The molecule has 6 heteroatoms. The number of hydrogen-bond donors (Lipinski definition) is 1. The highest BCUT2D eigenvalue weighted by Crippen LogP contribution is 2.21. The maximum atomic E-state index is 13.6. The number of fused-ring (bicyclic) bond motifs is 1. The van der Waals surface area contributed by atoms with E-state index in [1.54, 1.807) is 10.6 Å². The first-order valence-electron chi connectivity index (χ1n) is 7.83. The third kappa shape index (κ3) is 3.13. The van der Waals surface area contributed by atoms with Crippen LogP contribution in [0.5, 0.6) is 0 Å². The average Bonchev–Trinajstić information content (AvgIpc) is 2.58. The fraction of sp³-hybridized carbons (Fsp3) is 0.278. The van der Waals surface area contributed by atoms with Gasteiger partial charge in [0.25, 0.3) is 11.5 Å². The van der Waals surface area contributed by atoms with Crippen LogP contribution in [0.3, 0.4) is 0 Å². The van der Waals surface area contributed by atoms with Crippen molar-refractivity contribution in [3.63, 3.8) is 0 Å². The number of allylic oxidation sites excluding steroid dienone is 1. The predicted molar refractivity (Wildman–Crippen MR) is 88.4 cm³/mol. The van der Waals surface area contributed by atoms with Crippen LogP contribution in [0.15, 0.2) is 48.0 Å². The summed E-state index contributed by atoms with van der Waals surface area (Å²) in [5.74, 6) is -1.08. The second-order valence-corrected chi connectivity index (χ2v) is 5.81. The van der Waals surface area contributed by atoms with E-state index in [0.29, 0.717) is 25.8 Å². The quantitative estimate of drug-likeness (QED) is 0.872. The SMILES string of the molecule is C=CCn1c2c(ccc1=O)CC(NC(=O)c1ccncc1F)CC2. The summed E-state index contributed by atoms with van der Waals surface area (Å²) in [5, 5.41) is 2.87. The molecule has 2 aromatic rings. The topological polar surface area (TPSA) is 64.0 Å². The maximum Gasteiger partial charge on any atom is 0.254 e. The summed E-state index contributed by atoms with van der Waals surface area (Å²) in [6.45, 7) is 4.16. The molecule has 0 fully saturated rings. The zero-order valence-corrected chi connectivity index (χ0v) is 13.2. The van der Waals surface area contributed by atoms with Crippen molar-refractivity contribution in [3.05, 3.63) is 76.2 Å². The summed E-state index contributed by atoms with van der Waals surface area (Å²) in [5.41, 5.74) is 1.97. The molecular formula is C18H18FN3O2. The molecule has 1 N–H and O–H groups in total. The van der Waals surface area contributed by atoms with Crippen molar-refractivity contribution in [1.82, 2.24) is 14.9 Å². The highest BCUT2D eigenvalue weighted by Gasteiger charge is 2.23. The van der Waals surface area contributed by atoms with Gasteiger partial charge in [-0.05, 0) is 30.9 Å². The molecular weight excluding hydrogens is 309 g/mol. The number of nitrogens with zero attached hydrogens (tertiary/aromatic N) is 2. The first kappa shape index (κ1) is 16.1. The van der Waals surface area contributed by atoms with E-state index >= 15 is 0 Å². The van der Waals surface area contributed by atoms with Crippen molar-refractivity contribution in [1.29, 1.82) is 0 Å². The minimum atomic E-state index is -0.633. The smallest absolute Gasteiger partial charge is 0.254 e. The Balaban J connectivity index is 1.77. The Hall–Kier alpha value is -2.76. The largest absolute Gasteiger partial charge is 0.349 e. The molecule has 2 aromatic heterocycles. The standard InChI is InChI=1S/C18H18FN3O2/c1-2-9-22-16-5-4-13(10-12(16)3-6-17(22)23)21-18(24)14-7-8-20-11-15(14)19/h2-3,6-8,11,13H,1,4-5,9-10H2,(H,21,24). The van der Waals surface area contributed by atoms with Crippen LogP contribution in [0.4, 0.5) is 4.39 Å². The monoisotopic (exact) mass is 327 g/mol. The molecule has 0 saturated carbocycles. The molecule has 124 valence electrons. The van der Waals surface area contributed by atoms with Crippen molar-refractivity contribution in [2.24, 2.45) is 0 Å². The number of aromatic nitrogens is 2. The number of amides is 1. The molecule has 0 bridgehead atoms. The van der Waals surface area contributed by atoms with E-state index in [1.807, 2.05) is 6.07 Å². The number of hydrogen-bond acceptors (Lipinski definition) is 3. The van der Waals surface area contributed by atoms with Gasteiger partial charge in [-0.1, -0.05) is 12.1 Å². The molecule has 0 radical (unpaired) electrons. The van der Waals surface area contributed by atoms with Gasteiger partial charge in [0.15, 0.2) is 5.82 Å². The van der Waals surface area contributed by atoms with Crippen LogP contribution in [0.1, 0.15) is 28.0 Å². The van der Waals surface area contributed by atoms with Crippen molar-refractivity contribution in [2.75, 3.05) is 0 Å². The van der Waals surface area contributed by atoms with Crippen LogP contribution in [0, 0.1) is 5.82 Å². The molecule has 0 spiro atoms. The molecule has 5 nitrogen and oxygen atoms in total. The lowest BCUT2D eigenvalue weighted by Gasteiger charge is -2.27. The summed E-state index contributed by atoms with van der Waals surface area (Å²) >= 11 is 0. The number of carbonyl (C=O) groups is 1. The molecule has 0 aromatic carbocycles. The van der Waals surface area contributed by atoms with E-state index in [2.05, 4.69) is 16.9 Å². The van der Waals surface area contributed by atoms with E-state index in [0.717, 1.165) is 17.5 Å². The first-order valence-corrected chi connectivity index (χ1v) is 7.83. The molecule has 1 amide bonds. The second-order valence-electron chi connectivity index (χ2n) is 5.81. The molecule has 0 aliphatic heterocycles. The van der Waals surface area contributed by atoms with E-state index in [1.165, 1.54) is 18.3 Å². The molecule has 1 aliphatic rings. The van der Waals surface area contributed by atoms with Gasteiger partial charge in [0, 0.05) is 30.5 Å². The Morgan fingerprint density at radius 1 is 1.46 bits per heavy atom. The summed E-state index contributed by atoms with van der Waals surface area (Å²) in [7, 11) is 0. The van der Waals surface area contributed by atoms with Gasteiger partial charge in [0.2, 0.25) is 0 Å². The number of carbonyl (C=O) groups excluding carboxylic acids is 1. The number of nitrogens with one attached hydrogen (secondary N) is 1. The Morgan fingerprint density at radius 3 is 3.04 bits per heavy atom. The van der Waals surface area contributed by atoms with Gasteiger partial charge in [-0.25, -0.2) is 4.39 Å². The van der Waals surface area contributed by atoms with Gasteiger partial charge in [-0.15, -0.1) is 6.58 Å². The molecule has 0 saturated heterocycles. The molecule has 1 atom stereocenters. The van der Waals surface area contributed by atoms with Crippen LogP contribution in [0.25, 0.3) is 0 Å². The van der Waals surface area contributed by atoms with Crippen LogP contribution in [0.2, 0.25) is 0 Å². The Kier molecular flexibility index (Phi) is 4.55. The van der Waals surface area contributed by atoms with E-state index in [-0.39, 0.29) is 17.2 Å². The van der Waals surface area contributed by atoms with Crippen LogP contribution >= 0.6 is 0 Å². The van der Waals surface area contributed by atoms with Gasteiger partial charge in [-0.2, -0.15) is 0 Å². The predicted octanol–water partition coefficient (Wildman–Crippen LogP) is 1.86. The fourth-order valence-electron chi connectivity index (χ4n) is 3.10. The van der Waals surface area contributed by atoms with E-state index < -0.39 is 11.7 Å². The highest BCUT2D eigenvalue weighted by atomic mass is 19.1. The number of rotatable bonds is 4. The summed E-state index contributed by atoms with van der Waals surface area (Å²) in [4.78, 5) is 27.8. The van der Waals surface area contributed by atoms with Gasteiger partial charge < -0.3 is 9.88 Å². The van der Waals surface area contributed by atoms with E-state index in [4.69, 9.17) is 0 Å². The average molecular weight is 327 g/mol. The van der Waals surface area contributed by atoms with Crippen LogP contribution in [-0.4, -0.2) is 21.5 Å². The zero-order valence-electron chi connectivity index (χ0n) is 13.2.